The van der Waals surface area contributed by atoms with E-state index in [-0.39, 0.29) is 21.2 Å². The maximum absolute atomic E-state index is 12.4. The Kier molecular flexibility index (Phi) is 7.04. The molecular formula is C18H16Cl2F6. The Bertz CT molecular complexity index is 724. The number of rotatable bonds is 0. The highest BCUT2D eigenvalue weighted by Crippen LogP contribution is 2.36. The molecule has 0 aliphatic rings. The lowest BCUT2D eigenvalue weighted by molar-refractivity contribution is -0.138. The zero-order valence-electron chi connectivity index (χ0n) is 14.3. The molecule has 2 aromatic carbocycles. The fourth-order valence-electron chi connectivity index (χ4n) is 2.22. The SMILES string of the molecule is Cc1cc(Cl)c(C)c(C(F)(F)F)c1.Cc1cc(Cl)c(C)c(C(F)(F)F)c1. The zero-order chi connectivity index (χ0) is 20.4. The number of hydrogen-bond acceptors (Lipinski definition) is 0. The van der Waals surface area contributed by atoms with Gasteiger partial charge in [0.25, 0.3) is 0 Å². The summed E-state index contributed by atoms with van der Waals surface area (Å²) in [5.74, 6) is 0. The number of aryl methyl sites for hydroxylation is 2. The normalized spacial score (nSPS) is 11.8. The first-order valence-corrected chi connectivity index (χ1v) is 8.08. The maximum atomic E-state index is 12.4. The molecule has 2 rings (SSSR count). The molecule has 0 radical (unpaired) electrons. The molecule has 0 saturated carbocycles. The molecule has 0 saturated heterocycles. The summed E-state index contributed by atoms with van der Waals surface area (Å²) in [6.45, 7) is 5.90. The van der Waals surface area contributed by atoms with Crippen LogP contribution in [0.4, 0.5) is 26.3 Å². The van der Waals surface area contributed by atoms with E-state index in [2.05, 4.69) is 0 Å². The minimum atomic E-state index is -4.32. The molecule has 0 spiro atoms. The molecule has 0 unspecified atom stereocenters. The lowest BCUT2D eigenvalue weighted by Gasteiger charge is -2.12. The first-order valence-electron chi connectivity index (χ1n) is 7.32. The predicted octanol–water partition coefficient (Wildman–Crippen LogP) is 7.95. The Balaban J connectivity index is 0.000000260. The molecule has 0 fully saturated rings. The van der Waals surface area contributed by atoms with Gasteiger partial charge in [-0.3, -0.25) is 0 Å². The second-order valence-corrected chi connectivity index (χ2v) is 6.65. The van der Waals surface area contributed by atoms with Gasteiger partial charge >= 0.3 is 12.4 Å². The average Bonchev–Trinajstić information content (AvgIpc) is 2.45. The smallest absolute Gasteiger partial charge is 0.166 e. The monoisotopic (exact) mass is 416 g/mol. The van der Waals surface area contributed by atoms with Crippen molar-refractivity contribution in [3.8, 4) is 0 Å². The molecule has 0 heterocycles. The van der Waals surface area contributed by atoms with Crippen molar-refractivity contribution in [1.29, 1.82) is 0 Å². The van der Waals surface area contributed by atoms with Gasteiger partial charge in [0.2, 0.25) is 0 Å². The lowest BCUT2D eigenvalue weighted by Crippen LogP contribution is -2.08. The molecule has 0 nitrogen and oxygen atoms in total. The van der Waals surface area contributed by atoms with Crippen molar-refractivity contribution in [2.75, 3.05) is 0 Å². The van der Waals surface area contributed by atoms with Crippen LogP contribution in [0.2, 0.25) is 10.0 Å². The third-order valence-electron chi connectivity index (χ3n) is 3.59. The van der Waals surface area contributed by atoms with Crippen LogP contribution in [0.3, 0.4) is 0 Å². The van der Waals surface area contributed by atoms with Gasteiger partial charge in [-0.2, -0.15) is 26.3 Å². The van der Waals surface area contributed by atoms with Crippen LogP contribution >= 0.6 is 23.2 Å². The Labute approximate surface area is 157 Å². The van der Waals surface area contributed by atoms with Gasteiger partial charge in [-0.1, -0.05) is 23.2 Å². The second-order valence-electron chi connectivity index (χ2n) is 5.83. The standard InChI is InChI=1S/2C9H8ClF3/c2*1-5-3-7(9(11,12)13)6(2)8(10)4-5/h2*3-4H,1-2H3. The van der Waals surface area contributed by atoms with Crippen LogP contribution in [0.25, 0.3) is 0 Å². The summed E-state index contributed by atoms with van der Waals surface area (Å²) in [5.41, 5.74) is -0.111. The number of halogens is 8. The Morgan fingerprint density at radius 1 is 0.577 bits per heavy atom. The molecule has 0 aromatic heterocycles. The molecule has 0 amide bonds. The Morgan fingerprint density at radius 2 is 0.846 bits per heavy atom. The summed E-state index contributed by atoms with van der Waals surface area (Å²) in [7, 11) is 0. The van der Waals surface area contributed by atoms with E-state index in [0.717, 1.165) is 12.1 Å². The third-order valence-corrected chi connectivity index (χ3v) is 4.37. The van der Waals surface area contributed by atoms with Crippen LogP contribution in [0.1, 0.15) is 33.4 Å². The van der Waals surface area contributed by atoms with Crippen LogP contribution in [-0.2, 0) is 12.4 Å². The molecule has 0 aliphatic heterocycles. The number of benzene rings is 2. The van der Waals surface area contributed by atoms with E-state index in [0.29, 0.717) is 11.1 Å². The third kappa shape index (κ3) is 5.81. The highest BCUT2D eigenvalue weighted by atomic mass is 35.5. The van der Waals surface area contributed by atoms with Crippen molar-refractivity contribution in [2.24, 2.45) is 0 Å². The van der Waals surface area contributed by atoms with Gasteiger partial charge in [0.15, 0.2) is 0 Å². The molecule has 144 valence electrons. The highest BCUT2D eigenvalue weighted by Gasteiger charge is 2.33. The predicted molar refractivity (Wildman–Crippen MR) is 91.9 cm³/mol. The first-order chi connectivity index (χ1) is 11.6. The van der Waals surface area contributed by atoms with E-state index in [1.807, 2.05) is 0 Å². The lowest BCUT2D eigenvalue weighted by atomic mass is 10.1. The van der Waals surface area contributed by atoms with Gasteiger partial charge < -0.3 is 0 Å². The number of alkyl halides is 6. The van der Waals surface area contributed by atoms with Crippen molar-refractivity contribution >= 4 is 23.2 Å². The minimum Gasteiger partial charge on any atom is -0.166 e. The minimum absolute atomic E-state index is 0.0831. The van der Waals surface area contributed by atoms with E-state index < -0.39 is 23.5 Å². The fraction of sp³-hybridized carbons (Fsp3) is 0.333. The van der Waals surface area contributed by atoms with E-state index in [4.69, 9.17) is 23.2 Å². The van der Waals surface area contributed by atoms with Crippen molar-refractivity contribution in [2.45, 2.75) is 40.0 Å². The van der Waals surface area contributed by atoms with Gasteiger partial charge in [0.1, 0.15) is 0 Å². The van der Waals surface area contributed by atoms with Gasteiger partial charge in [-0.25, -0.2) is 0 Å². The number of hydrogen-bond donors (Lipinski definition) is 0. The molecular weight excluding hydrogens is 401 g/mol. The fourth-order valence-corrected chi connectivity index (χ4v) is 2.77. The van der Waals surface area contributed by atoms with Crippen LogP contribution in [0.15, 0.2) is 24.3 Å². The van der Waals surface area contributed by atoms with Crippen LogP contribution in [-0.4, -0.2) is 0 Å². The molecule has 0 bridgehead atoms. The second kappa shape index (κ2) is 8.09. The highest BCUT2D eigenvalue weighted by molar-refractivity contribution is 6.31. The molecule has 0 atom stereocenters. The van der Waals surface area contributed by atoms with Gasteiger partial charge in [0.05, 0.1) is 11.1 Å². The quantitative estimate of drug-likeness (QED) is 0.382. The van der Waals surface area contributed by atoms with Crippen molar-refractivity contribution in [1.82, 2.24) is 0 Å². The van der Waals surface area contributed by atoms with Crippen LogP contribution in [0.5, 0.6) is 0 Å². The van der Waals surface area contributed by atoms with Gasteiger partial charge in [-0.15, -0.1) is 0 Å². The zero-order valence-corrected chi connectivity index (χ0v) is 15.8. The molecule has 0 aliphatic carbocycles. The summed E-state index contributed by atoms with van der Waals surface area (Å²) in [6.07, 6.45) is -8.64. The summed E-state index contributed by atoms with van der Waals surface area (Å²) in [4.78, 5) is 0. The summed E-state index contributed by atoms with van der Waals surface area (Å²) >= 11 is 11.3. The largest absolute Gasteiger partial charge is 0.416 e. The van der Waals surface area contributed by atoms with Crippen LogP contribution in [0, 0.1) is 27.7 Å². The van der Waals surface area contributed by atoms with E-state index >= 15 is 0 Å². The van der Waals surface area contributed by atoms with Crippen molar-refractivity contribution in [3.63, 3.8) is 0 Å². The van der Waals surface area contributed by atoms with Crippen molar-refractivity contribution in [3.05, 3.63) is 67.7 Å². The van der Waals surface area contributed by atoms with Gasteiger partial charge in [0, 0.05) is 10.0 Å². The van der Waals surface area contributed by atoms with E-state index in [9.17, 15) is 26.3 Å². The van der Waals surface area contributed by atoms with Gasteiger partial charge in [-0.05, 0) is 74.2 Å². The summed E-state index contributed by atoms with van der Waals surface area (Å²) in [6, 6.07) is 5.24. The van der Waals surface area contributed by atoms with Crippen molar-refractivity contribution < 1.29 is 26.3 Å². The molecule has 8 heteroatoms. The topological polar surface area (TPSA) is 0 Å². The molecule has 0 N–H and O–H groups in total. The average molecular weight is 417 g/mol. The summed E-state index contributed by atoms with van der Waals surface area (Å²) < 4.78 is 74.1. The molecule has 2 aromatic rings. The molecule has 26 heavy (non-hydrogen) atoms. The Hall–Kier alpha value is -1.40. The maximum Gasteiger partial charge on any atom is 0.416 e. The Morgan fingerprint density at radius 3 is 1.08 bits per heavy atom. The summed E-state index contributed by atoms with van der Waals surface area (Å²) in [5, 5.41) is 0.319. The van der Waals surface area contributed by atoms with E-state index in [1.54, 1.807) is 13.8 Å². The van der Waals surface area contributed by atoms with Crippen LogP contribution < -0.4 is 0 Å². The van der Waals surface area contributed by atoms with E-state index in [1.165, 1.54) is 26.0 Å². The first kappa shape index (κ1) is 22.6.